The number of pyridine rings is 2. The zero-order chi connectivity index (χ0) is 19.9. The fourth-order valence-electron chi connectivity index (χ4n) is 3.56. The highest BCUT2D eigenvalue weighted by atomic mass is 16.5. The molecule has 1 aliphatic carbocycles. The van der Waals surface area contributed by atoms with Crippen molar-refractivity contribution in [1.29, 1.82) is 0 Å². The number of hydrogen-bond donors (Lipinski definition) is 2. The molecule has 3 aromatic heterocycles. The van der Waals surface area contributed by atoms with Crippen molar-refractivity contribution in [3.8, 4) is 5.69 Å². The molecule has 0 amide bonds. The molecule has 1 atom stereocenters. The van der Waals surface area contributed by atoms with Crippen LogP contribution in [0.3, 0.4) is 0 Å². The van der Waals surface area contributed by atoms with Crippen molar-refractivity contribution in [2.45, 2.75) is 38.9 Å². The van der Waals surface area contributed by atoms with Crippen molar-refractivity contribution in [2.75, 3.05) is 6.61 Å². The van der Waals surface area contributed by atoms with Crippen LogP contribution < -0.4 is 0 Å². The lowest BCUT2D eigenvalue weighted by atomic mass is 9.70. The molecule has 2 N–H and O–H groups in total. The molecule has 0 radical (unpaired) electrons. The van der Waals surface area contributed by atoms with Crippen molar-refractivity contribution in [1.82, 2.24) is 19.7 Å². The van der Waals surface area contributed by atoms with Gasteiger partial charge in [-0.1, -0.05) is 13.8 Å². The maximum atomic E-state index is 10.9. The summed E-state index contributed by atoms with van der Waals surface area (Å²) in [6.07, 6.45) is 6.19. The summed E-state index contributed by atoms with van der Waals surface area (Å²) in [6.45, 7) is 4.66. The Kier molecular flexibility index (Phi) is 4.60. The summed E-state index contributed by atoms with van der Waals surface area (Å²) in [5.41, 5.74) is 2.18. The lowest BCUT2D eigenvalue weighted by Crippen LogP contribution is -2.38. The van der Waals surface area contributed by atoms with E-state index < -0.39 is 12.1 Å². The molecule has 4 rings (SSSR count). The summed E-state index contributed by atoms with van der Waals surface area (Å²) < 4.78 is 7.37. The first-order valence-corrected chi connectivity index (χ1v) is 9.15. The fourth-order valence-corrected chi connectivity index (χ4v) is 3.56. The van der Waals surface area contributed by atoms with Gasteiger partial charge in [-0.05, 0) is 36.5 Å². The number of ether oxygens (including phenoxy) is 1. The van der Waals surface area contributed by atoms with Gasteiger partial charge in [0.05, 0.1) is 30.8 Å². The van der Waals surface area contributed by atoms with Crippen molar-refractivity contribution in [3.63, 3.8) is 0 Å². The predicted octanol–water partition coefficient (Wildman–Crippen LogP) is 2.75. The zero-order valence-electron chi connectivity index (χ0n) is 15.7. The Hall–Kier alpha value is -2.84. The number of aromatic nitrogens is 4. The van der Waals surface area contributed by atoms with Gasteiger partial charge in [0.1, 0.15) is 11.8 Å². The van der Waals surface area contributed by atoms with E-state index in [1.807, 2.05) is 6.07 Å². The van der Waals surface area contributed by atoms with Crippen molar-refractivity contribution in [3.05, 3.63) is 48.0 Å². The number of carboxylic acids is 1. The van der Waals surface area contributed by atoms with Crippen LogP contribution in [0.4, 0.5) is 0 Å². The minimum atomic E-state index is -1.08. The van der Waals surface area contributed by atoms with Gasteiger partial charge in [-0.2, -0.15) is 5.10 Å². The molecule has 8 heteroatoms. The average molecular weight is 382 g/mol. The molecule has 1 fully saturated rings. The first-order chi connectivity index (χ1) is 13.3. The minimum absolute atomic E-state index is 0.0339. The molecular formula is C20H22N4O4. The van der Waals surface area contributed by atoms with Crippen molar-refractivity contribution in [2.24, 2.45) is 5.41 Å². The van der Waals surface area contributed by atoms with Crippen LogP contribution >= 0.6 is 0 Å². The Labute approximate surface area is 161 Å². The number of rotatable bonds is 6. The molecule has 146 valence electrons. The van der Waals surface area contributed by atoms with Gasteiger partial charge in [0, 0.05) is 17.1 Å². The lowest BCUT2D eigenvalue weighted by Gasteiger charge is -2.42. The highest BCUT2D eigenvalue weighted by Gasteiger charge is 2.36. The smallest absolute Gasteiger partial charge is 0.354 e. The molecule has 1 saturated carbocycles. The molecule has 0 unspecified atom stereocenters. The number of hydrogen-bond acceptors (Lipinski definition) is 6. The molecule has 3 aromatic rings. The van der Waals surface area contributed by atoms with Gasteiger partial charge in [-0.3, -0.25) is 0 Å². The Bertz CT molecular complexity index is 1000. The van der Waals surface area contributed by atoms with E-state index in [0.717, 1.165) is 18.2 Å². The van der Waals surface area contributed by atoms with Crippen LogP contribution in [-0.2, 0) is 4.74 Å². The summed E-state index contributed by atoms with van der Waals surface area (Å²) in [5.74, 6) is -1.08. The predicted molar refractivity (Wildman–Crippen MR) is 101 cm³/mol. The quantitative estimate of drug-likeness (QED) is 0.674. The first kappa shape index (κ1) is 18.5. The molecular weight excluding hydrogens is 360 g/mol. The van der Waals surface area contributed by atoms with Crippen molar-refractivity contribution < 1.29 is 19.7 Å². The Balaban J connectivity index is 1.48. The number of carbonyl (C=O) groups is 1. The third-order valence-corrected chi connectivity index (χ3v) is 5.08. The number of aliphatic hydroxyl groups excluding tert-OH is 1. The summed E-state index contributed by atoms with van der Waals surface area (Å²) in [4.78, 5) is 19.3. The number of aromatic carboxylic acids is 1. The van der Waals surface area contributed by atoms with E-state index in [0.29, 0.717) is 22.3 Å². The molecule has 0 aliphatic heterocycles. The topological polar surface area (TPSA) is 110 Å². The Morgan fingerprint density at radius 2 is 2.07 bits per heavy atom. The van der Waals surface area contributed by atoms with Gasteiger partial charge in [0.2, 0.25) is 0 Å². The average Bonchev–Trinajstić information content (AvgIpc) is 3.07. The van der Waals surface area contributed by atoms with Crippen LogP contribution in [0.5, 0.6) is 0 Å². The summed E-state index contributed by atoms with van der Waals surface area (Å²) in [6, 6.07) is 4.88. The molecule has 8 nitrogen and oxygen atoms in total. The number of nitrogens with zero attached hydrogens (tertiary/aromatic N) is 4. The van der Waals surface area contributed by atoms with Crippen LogP contribution in [0, 0.1) is 5.41 Å². The highest BCUT2D eigenvalue weighted by Crippen LogP contribution is 2.41. The van der Waals surface area contributed by atoms with E-state index in [9.17, 15) is 9.90 Å². The van der Waals surface area contributed by atoms with Gasteiger partial charge < -0.3 is 14.9 Å². The Morgan fingerprint density at radius 3 is 2.71 bits per heavy atom. The third kappa shape index (κ3) is 3.61. The van der Waals surface area contributed by atoms with E-state index >= 15 is 0 Å². The summed E-state index contributed by atoms with van der Waals surface area (Å²) in [5, 5.41) is 24.5. The Morgan fingerprint density at radius 1 is 1.29 bits per heavy atom. The highest BCUT2D eigenvalue weighted by molar-refractivity contribution is 5.85. The number of aliphatic hydroxyl groups is 1. The normalized spacial score (nSPS) is 17.4. The monoisotopic (exact) mass is 382 g/mol. The van der Waals surface area contributed by atoms with E-state index in [1.54, 1.807) is 23.1 Å². The molecule has 0 spiro atoms. The second kappa shape index (κ2) is 6.96. The van der Waals surface area contributed by atoms with Gasteiger partial charge in [-0.25, -0.2) is 19.4 Å². The summed E-state index contributed by atoms with van der Waals surface area (Å²) >= 11 is 0. The maximum Gasteiger partial charge on any atom is 0.354 e. The molecule has 1 aliphatic rings. The first-order valence-electron chi connectivity index (χ1n) is 9.15. The van der Waals surface area contributed by atoms with E-state index in [2.05, 4.69) is 28.9 Å². The van der Waals surface area contributed by atoms with Crippen LogP contribution in [-0.4, -0.2) is 48.6 Å². The van der Waals surface area contributed by atoms with Gasteiger partial charge in [0.15, 0.2) is 5.65 Å². The molecule has 28 heavy (non-hydrogen) atoms. The fraction of sp³-hybridized carbons (Fsp3) is 0.400. The van der Waals surface area contributed by atoms with Crippen LogP contribution in [0.15, 0.2) is 36.8 Å². The largest absolute Gasteiger partial charge is 0.477 e. The second-order valence-electron chi connectivity index (χ2n) is 7.99. The minimum Gasteiger partial charge on any atom is -0.477 e. The van der Waals surface area contributed by atoms with E-state index in [-0.39, 0.29) is 18.4 Å². The summed E-state index contributed by atoms with van der Waals surface area (Å²) in [7, 11) is 0. The van der Waals surface area contributed by atoms with Crippen LogP contribution in [0.25, 0.3) is 16.7 Å². The zero-order valence-corrected chi connectivity index (χ0v) is 15.7. The number of fused-ring (bicyclic) bond motifs is 1. The van der Waals surface area contributed by atoms with Gasteiger partial charge in [-0.15, -0.1) is 0 Å². The van der Waals surface area contributed by atoms with Crippen LogP contribution in [0.1, 0.15) is 48.8 Å². The molecule has 0 bridgehead atoms. The van der Waals surface area contributed by atoms with Crippen LogP contribution in [0.2, 0.25) is 0 Å². The van der Waals surface area contributed by atoms with E-state index in [4.69, 9.17) is 9.84 Å². The van der Waals surface area contributed by atoms with E-state index in [1.165, 1.54) is 12.3 Å². The lowest BCUT2D eigenvalue weighted by molar-refractivity contribution is -0.0908. The van der Waals surface area contributed by atoms with Gasteiger partial charge >= 0.3 is 5.97 Å². The third-order valence-electron chi connectivity index (χ3n) is 5.08. The standard InChI is InChI=1S/C20H22N4O4/c1-20(2)6-15(7-20)28-11-17(25)12-5-13-9-23-24(18(13)22-8-12)14-3-4-16(19(26)27)21-10-14/h3-5,8-10,15,17,25H,6-7,11H2,1-2H3,(H,26,27)/t17-/m0/s1. The second-order valence-corrected chi connectivity index (χ2v) is 7.99. The molecule has 0 aromatic carbocycles. The molecule has 0 saturated heterocycles. The van der Waals surface area contributed by atoms with Crippen molar-refractivity contribution >= 4 is 17.0 Å². The SMILES string of the molecule is CC1(C)CC(OC[C@H](O)c2cnc3c(cnn3-c3ccc(C(=O)O)nc3)c2)C1. The molecule has 3 heterocycles. The maximum absolute atomic E-state index is 10.9. The number of carboxylic acid groups (broad SMARTS) is 1. The van der Waals surface area contributed by atoms with Gasteiger partial charge in [0.25, 0.3) is 0 Å².